The minimum atomic E-state index is -0.891. The molecule has 0 saturated carbocycles. The zero-order valence-corrected chi connectivity index (χ0v) is 5.79. The van der Waals surface area contributed by atoms with Crippen molar-refractivity contribution in [3.63, 3.8) is 0 Å². The lowest BCUT2D eigenvalue weighted by molar-refractivity contribution is -0.129. The van der Waals surface area contributed by atoms with Crippen LogP contribution in [0.25, 0.3) is 0 Å². The van der Waals surface area contributed by atoms with Gasteiger partial charge in [0.25, 0.3) is 0 Å². The molecule has 10 heavy (non-hydrogen) atoms. The van der Waals surface area contributed by atoms with Gasteiger partial charge in [-0.2, -0.15) is 5.06 Å². The van der Waals surface area contributed by atoms with Crippen molar-refractivity contribution in [3.8, 4) is 0 Å². The summed E-state index contributed by atoms with van der Waals surface area (Å²) in [5, 5.41) is 10.4. The number of hydroxylamine groups is 2. The molecule has 1 fully saturated rings. The van der Waals surface area contributed by atoms with E-state index in [9.17, 15) is 4.39 Å². The first-order chi connectivity index (χ1) is 4.83. The molecule has 0 aromatic heterocycles. The molecule has 1 N–H and O–H groups in total. The maximum Gasteiger partial charge on any atom is 0.117 e. The molecule has 1 saturated heterocycles. The molecule has 0 aromatic carbocycles. The van der Waals surface area contributed by atoms with Crippen LogP contribution in [0.5, 0.6) is 0 Å². The number of halogens is 1. The van der Waals surface area contributed by atoms with Crippen LogP contribution in [0.3, 0.4) is 0 Å². The molecule has 1 aliphatic rings. The summed E-state index contributed by atoms with van der Waals surface area (Å²) >= 11 is 0. The molecule has 60 valence electrons. The van der Waals surface area contributed by atoms with Crippen molar-refractivity contribution in [2.75, 3.05) is 26.4 Å². The van der Waals surface area contributed by atoms with E-state index in [-0.39, 0.29) is 6.54 Å². The Bertz CT molecular complexity index is 95.7. The highest BCUT2D eigenvalue weighted by Crippen LogP contribution is 2.04. The van der Waals surface area contributed by atoms with Crippen molar-refractivity contribution in [2.45, 2.75) is 12.5 Å². The second kappa shape index (κ2) is 3.85. The third-order valence-corrected chi connectivity index (χ3v) is 1.42. The van der Waals surface area contributed by atoms with Gasteiger partial charge in [0.2, 0.25) is 0 Å². The topological polar surface area (TPSA) is 32.7 Å². The third kappa shape index (κ3) is 2.21. The smallest absolute Gasteiger partial charge is 0.117 e. The maximum atomic E-state index is 11.7. The predicted molar refractivity (Wildman–Crippen MR) is 34.1 cm³/mol. The van der Waals surface area contributed by atoms with Gasteiger partial charge in [0.15, 0.2) is 0 Å². The van der Waals surface area contributed by atoms with Crippen LogP contribution in [-0.2, 0) is 4.84 Å². The average Bonchev–Trinajstić information content (AvgIpc) is 2.40. The normalized spacial score (nSPS) is 23.4. The van der Waals surface area contributed by atoms with E-state index in [1.165, 1.54) is 0 Å². The molecule has 0 spiro atoms. The second-order valence-corrected chi connectivity index (χ2v) is 2.38. The molecule has 1 aliphatic heterocycles. The Hall–Kier alpha value is -0.190. The van der Waals surface area contributed by atoms with Gasteiger partial charge in [-0.1, -0.05) is 0 Å². The van der Waals surface area contributed by atoms with Crippen molar-refractivity contribution >= 4 is 0 Å². The number of hydrogen-bond donors (Lipinski definition) is 1. The number of aliphatic hydroxyl groups excluding tert-OH is 1. The van der Waals surface area contributed by atoms with Gasteiger partial charge in [-0.25, -0.2) is 4.39 Å². The summed E-state index contributed by atoms with van der Waals surface area (Å²) in [5.41, 5.74) is 0. The number of rotatable bonds is 3. The number of β-amino-alcohol motifs (C(OH)–C–C–N with tert-alkyl or cyclic N) is 1. The number of hydrogen-bond acceptors (Lipinski definition) is 3. The molecular weight excluding hydrogens is 137 g/mol. The Kier molecular flexibility index (Phi) is 3.05. The highest BCUT2D eigenvalue weighted by molar-refractivity contribution is 4.60. The summed E-state index contributed by atoms with van der Waals surface area (Å²) in [6, 6.07) is 0. The fourth-order valence-electron chi connectivity index (χ4n) is 0.927. The van der Waals surface area contributed by atoms with E-state index >= 15 is 0 Å². The lowest BCUT2D eigenvalue weighted by atomic mass is 10.4. The van der Waals surface area contributed by atoms with Gasteiger partial charge in [0.05, 0.1) is 19.3 Å². The zero-order valence-electron chi connectivity index (χ0n) is 5.79. The Labute approximate surface area is 59.3 Å². The van der Waals surface area contributed by atoms with Crippen LogP contribution in [0, 0.1) is 0 Å². The Morgan fingerprint density at radius 3 is 3.00 bits per heavy atom. The van der Waals surface area contributed by atoms with Crippen LogP contribution < -0.4 is 0 Å². The summed E-state index contributed by atoms with van der Waals surface area (Å²) in [6.45, 7) is 1.09. The van der Waals surface area contributed by atoms with Gasteiger partial charge in [-0.3, -0.25) is 4.84 Å². The highest BCUT2D eigenvalue weighted by atomic mass is 19.1. The summed E-state index contributed by atoms with van der Waals surface area (Å²) in [6.07, 6.45) is 0.0806. The molecule has 1 rings (SSSR count). The van der Waals surface area contributed by atoms with Gasteiger partial charge in [-0.15, -0.1) is 0 Å². The first-order valence-corrected chi connectivity index (χ1v) is 3.45. The lowest BCUT2D eigenvalue weighted by Gasteiger charge is -2.15. The van der Waals surface area contributed by atoms with Crippen LogP contribution in [0.1, 0.15) is 6.42 Å². The van der Waals surface area contributed by atoms with E-state index < -0.39 is 12.8 Å². The van der Waals surface area contributed by atoms with Crippen LogP contribution in [0.4, 0.5) is 4.39 Å². The number of nitrogens with zero attached hydrogens (tertiary/aromatic N) is 1. The molecule has 0 aliphatic carbocycles. The lowest BCUT2D eigenvalue weighted by Crippen LogP contribution is -2.30. The third-order valence-electron chi connectivity index (χ3n) is 1.42. The van der Waals surface area contributed by atoms with Gasteiger partial charge in [-0.05, 0) is 6.42 Å². The monoisotopic (exact) mass is 149 g/mol. The van der Waals surface area contributed by atoms with Crippen LogP contribution in [-0.4, -0.2) is 42.6 Å². The largest absolute Gasteiger partial charge is 0.389 e. The van der Waals surface area contributed by atoms with Crippen molar-refractivity contribution in [2.24, 2.45) is 0 Å². The highest BCUT2D eigenvalue weighted by Gasteiger charge is 2.15. The van der Waals surface area contributed by atoms with E-state index in [0.717, 1.165) is 13.0 Å². The first-order valence-electron chi connectivity index (χ1n) is 3.45. The molecule has 1 heterocycles. The second-order valence-electron chi connectivity index (χ2n) is 2.38. The Morgan fingerprint density at radius 2 is 2.50 bits per heavy atom. The molecule has 4 heteroatoms. The summed E-state index contributed by atoms with van der Waals surface area (Å²) < 4.78 is 11.7. The van der Waals surface area contributed by atoms with E-state index in [2.05, 4.69) is 0 Å². The SMILES string of the molecule is OC(CF)CN1CCCO1. The van der Waals surface area contributed by atoms with Crippen molar-refractivity contribution in [3.05, 3.63) is 0 Å². The minimum absolute atomic E-state index is 0.288. The zero-order chi connectivity index (χ0) is 7.40. The maximum absolute atomic E-state index is 11.7. The van der Waals surface area contributed by atoms with Gasteiger partial charge in [0, 0.05) is 6.54 Å². The van der Waals surface area contributed by atoms with Gasteiger partial charge in [0.1, 0.15) is 6.67 Å². The summed E-state index contributed by atoms with van der Waals surface area (Å²) in [7, 11) is 0. The minimum Gasteiger partial charge on any atom is -0.389 e. The fraction of sp³-hybridized carbons (Fsp3) is 1.00. The van der Waals surface area contributed by atoms with Crippen LogP contribution in [0.15, 0.2) is 0 Å². The number of aliphatic hydroxyl groups is 1. The molecule has 1 unspecified atom stereocenters. The van der Waals surface area contributed by atoms with Crippen molar-refractivity contribution < 1.29 is 14.3 Å². The standard InChI is InChI=1S/C6H12FNO2/c7-4-6(9)5-8-2-1-3-10-8/h6,9H,1-5H2. The molecule has 0 radical (unpaired) electrons. The van der Waals surface area contributed by atoms with Crippen LogP contribution >= 0.6 is 0 Å². The average molecular weight is 149 g/mol. The molecular formula is C6H12FNO2. The van der Waals surface area contributed by atoms with Crippen molar-refractivity contribution in [1.82, 2.24) is 5.06 Å². The Morgan fingerprint density at radius 1 is 1.70 bits per heavy atom. The van der Waals surface area contributed by atoms with Crippen molar-refractivity contribution in [1.29, 1.82) is 0 Å². The van der Waals surface area contributed by atoms with Gasteiger partial charge >= 0.3 is 0 Å². The van der Waals surface area contributed by atoms with E-state index in [4.69, 9.17) is 9.94 Å². The summed E-state index contributed by atoms with van der Waals surface area (Å²) in [5.74, 6) is 0. The molecule has 0 amide bonds. The van der Waals surface area contributed by atoms with E-state index in [1.54, 1.807) is 5.06 Å². The quantitative estimate of drug-likeness (QED) is 0.611. The van der Waals surface area contributed by atoms with E-state index in [1.807, 2.05) is 0 Å². The Balaban J connectivity index is 2.11. The molecule has 0 aromatic rings. The number of alkyl halides is 1. The van der Waals surface area contributed by atoms with Gasteiger partial charge < -0.3 is 5.11 Å². The molecule has 1 atom stereocenters. The summed E-state index contributed by atoms with van der Waals surface area (Å²) in [4.78, 5) is 5.03. The first kappa shape index (κ1) is 7.91. The fourth-order valence-corrected chi connectivity index (χ4v) is 0.927. The van der Waals surface area contributed by atoms with Crippen LogP contribution in [0.2, 0.25) is 0 Å². The molecule has 0 bridgehead atoms. The molecule has 3 nitrogen and oxygen atoms in total. The predicted octanol–water partition coefficient (Wildman–Crippen LogP) is -0.0459. The van der Waals surface area contributed by atoms with E-state index in [0.29, 0.717) is 6.61 Å².